The summed E-state index contributed by atoms with van der Waals surface area (Å²) in [6, 6.07) is 4.74. The Morgan fingerprint density at radius 1 is 1.19 bits per heavy atom. The van der Waals surface area contributed by atoms with Gasteiger partial charge in [-0.15, -0.1) is 0 Å². The van der Waals surface area contributed by atoms with Gasteiger partial charge in [0.15, 0.2) is 0 Å². The van der Waals surface area contributed by atoms with Crippen molar-refractivity contribution < 1.29 is 8.42 Å². The van der Waals surface area contributed by atoms with Crippen LogP contribution >= 0.6 is 11.3 Å². The molecular weight excluding hydrogens is 384 g/mol. The van der Waals surface area contributed by atoms with Gasteiger partial charge in [-0.05, 0) is 31.0 Å². The number of hydrogen-bond acceptors (Lipinski definition) is 5. The van der Waals surface area contributed by atoms with Crippen LogP contribution in [0, 0.1) is 0 Å². The fourth-order valence-corrected chi connectivity index (χ4v) is 6.43. The van der Waals surface area contributed by atoms with Crippen LogP contribution in [0.3, 0.4) is 0 Å². The molecule has 1 saturated heterocycles. The molecule has 1 aliphatic heterocycles. The number of nitrogens with zero attached hydrogens (tertiary/aromatic N) is 4. The Labute approximate surface area is 161 Å². The predicted molar refractivity (Wildman–Crippen MR) is 105 cm³/mol. The summed E-state index contributed by atoms with van der Waals surface area (Å²) in [4.78, 5) is 12.0. The lowest BCUT2D eigenvalue weighted by molar-refractivity contribution is 0.329. The second kappa shape index (κ2) is 6.88. The Morgan fingerprint density at radius 2 is 2.00 bits per heavy atom. The molecule has 4 rings (SSSR count). The van der Waals surface area contributed by atoms with Gasteiger partial charge >= 0.3 is 4.87 Å². The van der Waals surface area contributed by atoms with Crippen molar-refractivity contribution in [1.29, 1.82) is 0 Å². The van der Waals surface area contributed by atoms with E-state index in [-0.39, 0.29) is 15.8 Å². The minimum absolute atomic E-state index is 0.0949. The number of hydrogen-bond donors (Lipinski definition) is 0. The monoisotopic (exact) mass is 406 g/mol. The van der Waals surface area contributed by atoms with Crippen molar-refractivity contribution in [2.45, 2.75) is 36.6 Å². The highest BCUT2D eigenvalue weighted by molar-refractivity contribution is 7.89. The van der Waals surface area contributed by atoms with Crippen LogP contribution in [-0.2, 0) is 24.1 Å². The first kappa shape index (κ1) is 18.4. The van der Waals surface area contributed by atoms with Crippen LogP contribution in [-0.4, -0.2) is 33.6 Å². The Morgan fingerprint density at radius 3 is 2.74 bits per heavy atom. The van der Waals surface area contributed by atoms with Gasteiger partial charge in [-0.3, -0.25) is 9.48 Å². The lowest BCUT2D eigenvalue weighted by Crippen LogP contribution is -2.34. The van der Waals surface area contributed by atoms with Crippen molar-refractivity contribution in [2.24, 2.45) is 14.1 Å². The highest BCUT2D eigenvalue weighted by Gasteiger charge is 2.34. The predicted octanol–water partition coefficient (Wildman–Crippen LogP) is 2.64. The molecule has 0 amide bonds. The Hall–Kier alpha value is -1.97. The average Bonchev–Trinajstić information content (AvgIpc) is 3.07. The first-order valence-corrected chi connectivity index (χ1v) is 11.2. The van der Waals surface area contributed by atoms with Crippen molar-refractivity contribution in [3.63, 3.8) is 0 Å². The summed E-state index contributed by atoms with van der Waals surface area (Å²) in [6.45, 7) is 0.491. The van der Waals surface area contributed by atoms with E-state index in [2.05, 4.69) is 5.10 Å². The second-order valence-corrected chi connectivity index (χ2v) is 9.87. The quantitative estimate of drug-likeness (QED) is 0.670. The van der Waals surface area contributed by atoms with E-state index >= 15 is 0 Å². The molecule has 0 aliphatic carbocycles. The van der Waals surface area contributed by atoms with Crippen molar-refractivity contribution >= 4 is 31.6 Å². The first-order valence-electron chi connectivity index (χ1n) is 8.98. The third-order valence-corrected chi connectivity index (χ3v) is 8.08. The third-order valence-electron chi connectivity index (χ3n) is 5.18. The minimum atomic E-state index is -3.68. The molecule has 0 spiro atoms. The van der Waals surface area contributed by atoms with Gasteiger partial charge in [-0.1, -0.05) is 24.2 Å². The minimum Gasteiger partial charge on any atom is -0.302 e. The summed E-state index contributed by atoms with van der Waals surface area (Å²) in [5.41, 5.74) is 1.68. The molecule has 2 aromatic heterocycles. The van der Waals surface area contributed by atoms with E-state index < -0.39 is 10.0 Å². The summed E-state index contributed by atoms with van der Waals surface area (Å²) in [5.74, 6) is 0. The molecular formula is C18H22N4O3S2. The van der Waals surface area contributed by atoms with Gasteiger partial charge in [-0.25, -0.2) is 8.42 Å². The van der Waals surface area contributed by atoms with Crippen molar-refractivity contribution in [2.75, 3.05) is 6.54 Å². The van der Waals surface area contributed by atoms with Crippen LogP contribution in [0.5, 0.6) is 0 Å². The van der Waals surface area contributed by atoms with Crippen LogP contribution < -0.4 is 4.87 Å². The number of aromatic nitrogens is 3. The molecule has 7 nitrogen and oxygen atoms in total. The third kappa shape index (κ3) is 3.24. The lowest BCUT2D eigenvalue weighted by atomic mass is 10.1. The van der Waals surface area contributed by atoms with E-state index in [0.29, 0.717) is 11.2 Å². The molecule has 1 unspecified atom stereocenters. The van der Waals surface area contributed by atoms with Gasteiger partial charge in [0, 0.05) is 32.4 Å². The number of benzene rings is 1. The van der Waals surface area contributed by atoms with Gasteiger partial charge in [0.1, 0.15) is 0 Å². The molecule has 27 heavy (non-hydrogen) atoms. The molecule has 9 heteroatoms. The SMILES string of the molecule is Cn1cc(C2CCCCCN2S(=O)(=O)c2ccc3c(c2)sc(=O)n3C)cn1. The maximum Gasteiger partial charge on any atom is 0.307 e. The molecule has 0 N–H and O–H groups in total. The van der Waals surface area contributed by atoms with Gasteiger partial charge in [0.05, 0.1) is 27.4 Å². The van der Waals surface area contributed by atoms with E-state index in [0.717, 1.165) is 48.1 Å². The number of aryl methyl sites for hydroxylation is 2. The van der Waals surface area contributed by atoms with Gasteiger partial charge < -0.3 is 4.57 Å². The van der Waals surface area contributed by atoms with Crippen LogP contribution in [0.4, 0.5) is 0 Å². The van der Waals surface area contributed by atoms with E-state index in [1.807, 2.05) is 13.2 Å². The fourth-order valence-electron chi connectivity index (χ4n) is 3.72. The molecule has 1 aliphatic rings. The summed E-state index contributed by atoms with van der Waals surface area (Å²) in [5, 5.41) is 4.22. The largest absolute Gasteiger partial charge is 0.307 e. The molecule has 0 bridgehead atoms. The van der Waals surface area contributed by atoms with Crippen molar-refractivity contribution in [3.8, 4) is 0 Å². The molecule has 3 heterocycles. The molecule has 144 valence electrons. The Kier molecular flexibility index (Phi) is 4.69. The van der Waals surface area contributed by atoms with Gasteiger partial charge in [-0.2, -0.15) is 9.40 Å². The summed E-state index contributed by atoms with van der Waals surface area (Å²) < 4.78 is 32.5. The highest BCUT2D eigenvalue weighted by Crippen LogP contribution is 2.35. The summed E-state index contributed by atoms with van der Waals surface area (Å²) in [6.07, 6.45) is 7.28. The van der Waals surface area contributed by atoms with Gasteiger partial charge in [0.2, 0.25) is 10.0 Å². The van der Waals surface area contributed by atoms with E-state index in [1.165, 1.54) is 0 Å². The second-order valence-electron chi connectivity index (χ2n) is 6.98. The van der Waals surface area contributed by atoms with Crippen LogP contribution in [0.15, 0.2) is 40.3 Å². The molecule has 0 saturated carbocycles. The van der Waals surface area contributed by atoms with Crippen molar-refractivity contribution in [1.82, 2.24) is 18.7 Å². The molecule has 0 radical (unpaired) electrons. The maximum atomic E-state index is 13.5. The molecule has 3 aromatic rings. The smallest absolute Gasteiger partial charge is 0.302 e. The molecule has 1 fully saturated rings. The standard InChI is InChI=1S/C18H22N4O3S2/c1-20-12-13(11-19-20)15-6-4-3-5-9-22(15)27(24,25)14-7-8-16-17(10-14)26-18(23)21(16)2/h7-8,10-12,15H,3-6,9H2,1-2H3. The van der Waals surface area contributed by atoms with Crippen LogP contribution in [0.1, 0.15) is 37.3 Å². The van der Waals surface area contributed by atoms with Crippen LogP contribution in [0.2, 0.25) is 0 Å². The van der Waals surface area contributed by atoms with Gasteiger partial charge in [0.25, 0.3) is 0 Å². The average molecular weight is 407 g/mol. The Bertz CT molecular complexity index is 1140. The molecule has 1 atom stereocenters. The van der Waals surface area contributed by atoms with Crippen molar-refractivity contribution in [3.05, 3.63) is 45.8 Å². The Balaban J connectivity index is 1.79. The lowest BCUT2D eigenvalue weighted by Gasteiger charge is -2.28. The topological polar surface area (TPSA) is 77.2 Å². The van der Waals surface area contributed by atoms with Crippen LogP contribution in [0.25, 0.3) is 10.2 Å². The number of sulfonamides is 1. The zero-order valence-corrected chi connectivity index (χ0v) is 17.0. The van der Waals surface area contributed by atoms with E-state index in [1.54, 1.807) is 45.0 Å². The van der Waals surface area contributed by atoms with E-state index in [4.69, 9.17) is 0 Å². The maximum absolute atomic E-state index is 13.5. The highest BCUT2D eigenvalue weighted by atomic mass is 32.2. The normalized spacial score (nSPS) is 19.4. The zero-order chi connectivity index (χ0) is 19.2. The fraction of sp³-hybridized carbons (Fsp3) is 0.444. The van der Waals surface area contributed by atoms with E-state index in [9.17, 15) is 13.2 Å². The summed E-state index contributed by atoms with van der Waals surface area (Å²) in [7, 11) is -0.142. The number of rotatable bonds is 3. The zero-order valence-electron chi connectivity index (χ0n) is 15.3. The number of thiazole rings is 1. The summed E-state index contributed by atoms with van der Waals surface area (Å²) >= 11 is 1.07. The first-order chi connectivity index (χ1) is 12.9. The molecule has 1 aromatic carbocycles. The number of fused-ring (bicyclic) bond motifs is 1.